The average molecular weight is 196 g/mol. The van der Waals surface area contributed by atoms with Crippen molar-refractivity contribution in [1.29, 1.82) is 0 Å². The first-order valence-corrected chi connectivity index (χ1v) is 4.53. The lowest BCUT2D eigenvalue weighted by Crippen LogP contribution is -2.29. The minimum Gasteiger partial charge on any atom is -0.411 e. The van der Waals surface area contributed by atoms with Crippen LogP contribution in [-0.2, 0) is 0 Å². The first-order valence-electron chi connectivity index (χ1n) is 4.53. The van der Waals surface area contributed by atoms with Gasteiger partial charge in [-0.05, 0) is 6.92 Å². The van der Waals surface area contributed by atoms with Gasteiger partial charge < -0.3 is 5.21 Å². The number of hydrogen-bond acceptors (Lipinski definition) is 4. The third-order valence-electron chi connectivity index (χ3n) is 2.11. The molecule has 0 saturated carbocycles. The summed E-state index contributed by atoms with van der Waals surface area (Å²) in [6.07, 6.45) is 3.08. The molecule has 0 amide bonds. The van der Waals surface area contributed by atoms with E-state index in [0.717, 1.165) is 0 Å². The summed E-state index contributed by atoms with van der Waals surface area (Å²) in [7, 11) is 0. The molecule has 1 aromatic heterocycles. The summed E-state index contributed by atoms with van der Waals surface area (Å²) < 4.78 is 1.67. The van der Waals surface area contributed by atoms with Gasteiger partial charge in [-0.3, -0.25) is 0 Å². The highest BCUT2D eigenvalue weighted by molar-refractivity contribution is 5.91. The lowest BCUT2D eigenvalue weighted by atomic mass is 9.86. The Morgan fingerprint density at radius 1 is 1.50 bits per heavy atom. The maximum Gasteiger partial charge on any atom is 0.137 e. The topological polar surface area (TPSA) is 63.3 Å². The molecule has 0 spiro atoms. The second-order valence-corrected chi connectivity index (χ2v) is 4.29. The monoisotopic (exact) mass is 196 g/mol. The zero-order chi connectivity index (χ0) is 10.8. The molecule has 78 valence electrons. The summed E-state index contributed by atoms with van der Waals surface area (Å²) in [5.74, 6) is 0. The summed E-state index contributed by atoms with van der Waals surface area (Å²) in [4.78, 5) is 3.86. The van der Waals surface area contributed by atoms with Crippen molar-refractivity contribution in [3.63, 3.8) is 0 Å². The van der Waals surface area contributed by atoms with Crippen LogP contribution < -0.4 is 0 Å². The fourth-order valence-corrected chi connectivity index (χ4v) is 1.40. The molecule has 1 rings (SSSR count). The minimum absolute atomic E-state index is 0.0810. The van der Waals surface area contributed by atoms with Crippen LogP contribution in [0.25, 0.3) is 0 Å². The van der Waals surface area contributed by atoms with Crippen LogP contribution in [0.5, 0.6) is 0 Å². The molecule has 1 N–H and O–H groups in total. The molecular formula is C9H16N4O. The summed E-state index contributed by atoms with van der Waals surface area (Å²) >= 11 is 0. The molecule has 0 bridgehead atoms. The molecule has 1 unspecified atom stereocenters. The van der Waals surface area contributed by atoms with Gasteiger partial charge in [0, 0.05) is 5.41 Å². The Bertz CT molecular complexity index is 310. The van der Waals surface area contributed by atoms with Crippen LogP contribution in [-0.4, -0.2) is 25.7 Å². The molecule has 0 aliphatic rings. The van der Waals surface area contributed by atoms with E-state index in [1.807, 2.05) is 27.7 Å². The third-order valence-corrected chi connectivity index (χ3v) is 2.11. The lowest BCUT2D eigenvalue weighted by Gasteiger charge is -2.24. The van der Waals surface area contributed by atoms with Gasteiger partial charge in [0.15, 0.2) is 0 Å². The van der Waals surface area contributed by atoms with Gasteiger partial charge >= 0.3 is 0 Å². The second kappa shape index (κ2) is 3.77. The van der Waals surface area contributed by atoms with E-state index in [9.17, 15) is 0 Å². The predicted molar refractivity (Wildman–Crippen MR) is 53.4 cm³/mol. The van der Waals surface area contributed by atoms with E-state index in [1.54, 1.807) is 11.0 Å². The van der Waals surface area contributed by atoms with Crippen molar-refractivity contribution >= 4 is 5.71 Å². The Labute approximate surface area is 83.5 Å². The van der Waals surface area contributed by atoms with Crippen molar-refractivity contribution in [2.24, 2.45) is 10.6 Å². The Hall–Kier alpha value is -1.39. The number of aromatic nitrogens is 3. The van der Waals surface area contributed by atoms with Crippen LogP contribution in [0.3, 0.4) is 0 Å². The summed E-state index contributed by atoms with van der Waals surface area (Å²) in [5.41, 5.74) is 0.503. The normalized spacial score (nSPS) is 15.6. The Balaban J connectivity index is 2.94. The van der Waals surface area contributed by atoms with Crippen LogP contribution in [0.1, 0.15) is 33.7 Å². The van der Waals surface area contributed by atoms with Gasteiger partial charge in [-0.15, -0.1) is 0 Å². The van der Waals surface area contributed by atoms with Crippen LogP contribution in [0.4, 0.5) is 0 Å². The van der Waals surface area contributed by atoms with Crippen molar-refractivity contribution in [2.45, 2.75) is 33.7 Å². The van der Waals surface area contributed by atoms with Crippen LogP contribution in [0.15, 0.2) is 17.8 Å². The quantitative estimate of drug-likeness (QED) is 0.445. The van der Waals surface area contributed by atoms with Crippen molar-refractivity contribution in [3.8, 4) is 0 Å². The highest BCUT2D eigenvalue weighted by atomic mass is 16.4. The smallest absolute Gasteiger partial charge is 0.137 e. The third kappa shape index (κ3) is 2.10. The van der Waals surface area contributed by atoms with E-state index in [4.69, 9.17) is 5.21 Å². The van der Waals surface area contributed by atoms with Crippen molar-refractivity contribution < 1.29 is 5.21 Å². The fraction of sp³-hybridized carbons (Fsp3) is 0.667. The first kappa shape index (κ1) is 10.7. The maximum atomic E-state index is 8.96. The van der Waals surface area contributed by atoms with Crippen LogP contribution in [0.2, 0.25) is 0 Å². The van der Waals surface area contributed by atoms with Gasteiger partial charge in [-0.1, -0.05) is 25.9 Å². The molecule has 5 nitrogen and oxygen atoms in total. The molecular weight excluding hydrogens is 180 g/mol. The maximum absolute atomic E-state index is 8.96. The first-order chi connectivity index (χ1) is 6.46. The Morgan fingerprint density at radius 3 is 2.50 bits per heavy atom. The molecule has 0 radical (unpaired) electrons. The van der Waals surface area contributed by atoms with Crippen molar-refractivity contribution in [2.75, 3.05) is 0 Å². The van der Waals surface area contributed by atoms with E-state index in [0.29, 0.717) is 5.71 Å². The minimum atomic E-state index is -0.180. The molecule has 1 atom stereocenters. The largest absolute Gasteiger partial charge is 0.411 e. The van der Waals surface area contributed by atoms with Crippen LogP contribution >= 0.6 is 0 Å². The molecule has 1 heterocycles. The van der Waals surface area contributed by atoms with E-state index < -0.39 is 0 Å². The highest BCUT2D eigenvalue weighted by Crippen LogP contribution is 2.23. The molecule has 0 aromatic carbocycles. The van der Waals surface area contributed by atoms with Gasteiger partial charge in [-0.25, -0.2) is 9.67 Å². The number of rotatable bonds is 2. The van der Waals surface area contributed by atoms with Gasteiger partial charge in [0.1, 0.15) is 12.7 Å². The van der Waals surface area contributed by atoms with Gasteiger partial charge in [0.2, 0.25) is 0 Å². The summed E-state index contributed by atoms with van der Waals surface area (Å²) in [6.45, 7) is 7.91. The molecule has 0 aliphatic carbocycles. The van der Waals surface area contributed by atoms with Crippen LogP contribution in [0, 0.1) is 5.41 Å². The lowest BCUT2D eigenvalue weighted by molar-refractivity contribution is 0.303. The summed E-state index contributed by atoms with van der Waals surface area (Å²) in [5, 5.41) is 16.3. The van der Waals surface area contributed by atoms with E-state index in [2.05, 4.69) is 15.2 Å². The standard InChI is InChI=1S/C9H16N4O/c1-7(13-6-10-5-11-13)8(12-14)9(2,3)4/h5-7,14H,1-4H3. The fourth-order valence-electron chi connectivity index (χ4n) is 1.40. The second-order valence-electron chi connectivity index (χ2n) is 4.29. The van der Waals surface area contributed by atoms with Crippen molar-refractivity contribution in [3.05, 3.63) is 12.7 Å². The zero-order valence-corrected chi connectivity index (χ0v) is 8.97. The van der Waals surface area contributed by atoms with E-state index in [1.165, 1.54) is 6.33 Å². The molecule has 14 heavy (non-hydrogen) atoms. The van der Waals surface area contributed by atoms with Gasteiger partial charge in [0.25, 0.3) is 0 Å². The molecule has 0 fully saturated rings. The zero-order valence-electron chi connectivity index (χ0n) is 8.97. The molecule has 0 saturated heterocycles. The van der Waals surface area contributed by atoms with E-state index >= 15 is 0 Å². The summed E-state index contributed by atoms with van der Waals surface area (Å²) in [6, 6.07) is -0.0810. The molecule has 5 heteroatoms. The molecule has 1 aromatic rings. The van der Waals surface area contributed by atoms with Gasteiger partial charge in [-0.2, -0.15) is 5.10 Å². The Morgan fingerprint density at radius 2 is 2.14 bits per heavy atom. The Kier molecular flexibility index (Phi) is 2.88. The van der Waals surface area contributed by atoms with Crippen molar-refractivity contribution in [1.82, 2.24) is 14.8 Å². The average Bonchev–Trinajstić information content (AvgIpc) is 2.53. The number of nitrogens with zero attached hydrogens (tertiary/aromatic N) is 4. The van der Waals surface area contributed by atoms with Gasteiger partial charge in [0.05, 0.1) is 11.8 Å². The number of hydrogen-bond donors (Lipinski definition) is 1. The van der Waals surface area contributed by atoms with E-state index in [-0.39, 0.29) is 11.5 Å². The highest BCUT2D eigenvalue weighted by Gasteiger charge is 2.26. The SMILES string of the molecule is CC(C(=NO)C(C)(C)C)n1cncn1. The molecule has 0 aliphatic heterocycles. The number of oxime groups is 1. The predicted octanol–water partition coefficient (Wildman–Crippen LogP) is 1.72.